The minimum Gasteiger partial charge on any atom is -0.256 e. The standard InChI is InChI=1S/C18H15N3S/c1-12(2)17-11-22-18(21-17)6-4-14-7-15-5-3-13(9-19)8-16(15)20-10-14/h3-8,10-12H,1-2H3. The number of hydrogen-bond donors (Lipinski definition) is 0. The van der Waals surface area contributed by atoms with Crippen LogP contribution < -0.4 is 0 Å². The lowest BCUT2D eigenvalue weighted by Crippen LogP contribution is -1.86. The van der Waals surface area contributed by atoms with Crippen LogP contribution in [0.5, 0.6) is 0 Å². The number of fused-ring (bicyclic) bond motifs is 1. The van der Waals surface area contributed by atoms with Crippen molar-refractivity contribution >= 4 is 34.4 Å². The van der Waals surface area contributed by atoms with E-state index in [1.807, 2.05) is 30.5 Å². The molecule has 3 rings (SSSR count). The van der Waals surface area contributed by atoms with Gasteiger partial charge in [-0.15, -0.1) is 11.3 Å². The molecule has 0 aliphatic rings. The first-order valence-corrected chi connectivity index (χ1v) is 7.97. The molecule has 0 amide bonds. The smallest absolute Gasteiger partial charge is 0.116 e. The van der Waals surface area contributed by atoms with Gasteiger partial charge in [0, 0.05) is 17.0 Å². The predicted octanol–water partition coefficient (Wildman–Crippen LogP) is 4.86. The Morgan fingerprint density at radius 1 is 1.23 bits per heavy atom. The van der Waals surface area contributed by atoms with Crippen LogP contribution in [0.25, 0.3) is 23.1 Å². The molecule has 108 valence electrons. The maximum Gasteiger partial charge on any atom is 0.116 e. The molecule has 0 saturated heterocycles. The molecule has 2 heterocycles. The van der Waals surface area contributed by atoms with Crippen molar-refractivity contribution in [1.29, 1.82) is 5.26 Å². The monoisotopic (exact) mass is 305 g/mol. The average Bonchev–Trinajstić information content (AvgIpc) is 3.01. The van der Waals surface area contributed by atoms with Crippen molar-refractivity contribution in [3.63, 3.8) is 0 Å². The fraction of sp³-hybridized carbons (Fsp3) is 0.167. The van der Waals surface area contributed by atoms with Crippen molar-refractivity contribution in [2.75, 3.05) is 0 Å². The molecule has 3 nitrogen and oxygen atoms in total. The van der Waals surface area contributed by atoms with E-state index in [0.29, 0.717) is 11.5 Å². The van der Waals surface area contributed by atoms with Gasteiger partial charge < -0.3 is 0 Å². The maximum absolute atomic E-state index is 8.91. The Kier molecular flexibility index (Phi) is 3.99. The summed E-state index contributed by atoms with van der Waals surface area (Å²) < 4.78 is 0. The molecule has 3 aromatic rings. The van der Waals surface area contributed by atoms with Crippen molar-refractivity contribution in [1.82, 2.24) is 9.97 Å². The number of rotatable bonds is 3. The van der Waals surface area contributed by atoms with Gasteiger partial charge in [0.25, 0.3) is 0 Å². The normalized spacial score (nSPS) is 11.4. The van der Waals surface area contributed by atoms with Gasteiger partial charge in [-0.3, -0.25) is 4.98 Å². The highest BCUT2D eigenvalue weighted by Crippen LogP contribution is 2.20. The number of benzene rings is 1. The van der Waals surface area contributed by atoms with Gasteiger partial charge >= 0.3 is 0 Å². The fourth-order valence-corrected chi connectivity index (χ4v) is 2.98. The third-order valence-electron chi connectivity index (χ3n) is 3.38. The van der Waals surface area contributed by atoms with Gasteiger partial charge in [0.05, 0.1) is 22.8 Å². The van der Waals surface area contributed by atoms with Gasteiger partial charge in [-0.1, -0.05) is 26.0 Å². The second kappa shape index (κ2) is 6.08. The van der Waals surface area contributed by atoms with Crippen molar-refractivity contribution in [3.8, 4) is 6.07 Å². The lowest BCUT2D eigenvalue weighted by atomic mass is 10.1. The van der Waals surface area contributed by atoms with Gasteiger partial charge in [0.1, 0.15) is 5.01 Å². The minimum absolute atomic E-state index is 0.454. The molecule has 0 atom stereocenters. The average molecular weight is 305 g/mol. The zero-order valence-electron chi connectivity index (χ0n) is 12.4. The third-order valence-corrected chi connectivity index (χ3v) is 4.21. The van der Waals surface area contributed by atoms with Crippen LogP contribution in [0.2, 0.25) is 0 Å². The summed E-state index contributed by atoms with van der Waals surface area (Å²) in [5.74, 6) is 0.454. The van der Waals surface area contributed by atoms with Crippen LogP contribution >= 0.6 is 11.3 Å². The molecule has 0 aliphatic heterocycles. The second-order valence-electron chi connectivity index (χ2n) is 5.39. The number of nitriles is 1. The Bertz CT molecular complexity index is 885. The first-order valence-electron chi connectivity index (χ1n) is 7.09. The molecular formula is C18H15N3S. The zero-order valence-corrected chi connectivity index (χ0v) is 13.3. The molecule has 1 aromatic carbocycles. The van der Waals surface area contributed by atoms with Gasteiger partial charge in [0.2, 0.25) is 0 Å². The number of pyridine rings is 1. The summed E-state index contributed by atoms with van der Waals surface area (Å²) in [7, 11) is 0. The molecule has 0 radical (unpaired) electrons. The second-order valence-corrected chi connectivity index (χ2v) is 6.28. The zero-order chi connectivity index (χ0) is 15.5. The highest BCUT2D eigenvalue weighted by molar-refractivity contribution is 7.10. The SMILES string of the molecule is CC(C)c1csc(C=Cc2cnc3cc(C#N)ccc3c2)n1. The van der Waals surface area contributed by atoms with Crippen molar-refractivity contribution in [3.05, 3.63) is 57.7 Å². The van der Waals surface area contributed by atoms with Crippen LogP contribution in [0, 0.1) is 11.3 Å². The largest absolute Gasteiger partial charge is 0.256 e. The molecule has 0 fully saturated rings. The Morgan fingerprint density at radius 2 is 2.09 bits per heavy atom. The van der Waals surface area contributed by atoms with Crippen molar-refractivity contribution in [2.24, 2.45) is 0 Å². The van der Waals surface area contributed by atoms with Crippen LogP contribution in [0.4, 0.5) is 0 Å². The molecule has 0 unspecified atom stereocenters. The summed E-state index contributed by atoms with van der Waals surface area (Å²) in [5.41, 5.74) is 3.63. The molecule has 0 saturated carbocycles. The van der Waals surface area contributed by atoms with Crippen LogP contribution in [0.15, 0.2) is 35.8 Å². The Morgan fingerprint density at radius 3 is 2.82 bits per heavy atom. The Labute approximate surface area is 133 Å². The molecular weight excluding hydrogens is 290 g/mol. The van der Waals surface area contributed by atoms with E-state index < -0.39 is 0 Å². The molecule has 0 bridgehead atoms. The highest BCUT2D eigenvalue weighted by Gasteiger charge is 2.03. The molecule has 22 heavy (non-hydrogen) atoms. The Hall–Kier alpha value is -2.51. The summed E-state index contributed by atoms with van der Waals surface area (Å²) in [4.78, 5) is 9.00. The number of aromatic nitrogens is 2. The van der Waals surface area contributed by atoms with Gasteiger partial charge in [-0.05, 0) is 35.8 Å². The lowest BCUT2D eigenvalue weighted by molar-refractivity contribution is 0.832. The number of nitrogens with zero attached hydrogens (tertiary/aromatic N) is 3. The van der Waals surface area contributed by atoms with Gasteiger partial charge in [-0.25, -0.2) is 4.98 Å². The highest BCUT2D eigenvalue weighted by atomic mass is 32.1. The minimum atomic E-state index is 0.454. The lowest BCUT2D eigenvalue weighted by Gasteiger charge is -1.99. The first-order chi connectivity index (χ1) is 10.7. The molecule has 4 heteroatoms. The third kappa shape index (κ3) is 3.05. The quantitative estimate of drug-likeness (QED) is 0.694. The topological polar surface area (TPSA) is 49.6 Å². The predicted molar refractivity (Wildman–Crippen MR) is 91.6 cm³/mol. The van der Waals surface area contributed by atoms with E-state index in [0.717, 1.165) is 27.2 Å². The van der Waals surface area contributed by atoms with E-state index >= 15 is 0 Å². The van der Waals surface area contributed by atoms with E-state index in [-0.39, 0.29) is 0 Å². The van der Waals surface area contributed by atoms with Crippen LogP contribution in [-0.2, 0) is 0 Å². The molecule has 0 N–H and O–H groups in total. The van der Waals surface area contributed by atoms with E-state index in [9.17, 15) is 0 Å². The molecule has 2 aromatic heterocycles. The summed E-state index contributed by atoms with van der Waals surface area (Å²) in [6.07, 6.45) is 5.85. The van der Waals surface area contributed by atoms with Crippen molar-refractivity contribution in [2.45, 2.75) is 19.8 Å². The Balaban J connectivity index is 1.87. The summed E-state index contributed by atoms with van der Waals surface area (Å²) in [6, 6.07) is 9.74. The van der Waals surface area contributed by atoms with Gasteiger partial charge in [0.15, 0.2) is 0 Å². The number of thiazole rings is 1. The summed E-state index contributed by atoms with van der Waals surface area (Å²) in [6.45, 7) is 4.29. The summed E-state index contributed by atoms with van der Waals surface area (Å²) >= 11 is 1.65. The first kappa shape index (κ1) is 14.4. The summed E-state index contributed by atoms with van der Waals surface area (Å²) in [5, 5.41) is 13.0. The van der Waals surface area contributed by atoms with Crippen LogP contribution in [0.1, 0.15) is 41.6 Å². The molecule has 0 spiro atoms. The van der Waals surface area contributed by atoms with E-state index in [4.69, 9.17) is 5.26 Å². The van der Waals surface area contributed by atoms with Crippen molar-refractivity contribution < 1.29 is 0 Å². The van der Waals surface area contributed by atoms with Crippen LogP contribution in [-0.4, -0.2) is 9.97 Å². The van der Waals surface area contributed by atoms with Gasteiger partial charge in [-0.2, -0.15) is 5.26 Å². The van der Waals surface area contributed by atoms with E-state index in [1.165, 1.54) is 0 Å². The van der Waals surface area contributed by atoms with Crippen LogP contribution in [0.3, 0.4) is 0 Å². The number of hydrogen-bond acceptors (Lipinski definition) is 4. The van der Waals surface area contributed by atoms with E-state index in [2.05, 4.69) is 41.3 Å². The fourth-order valence-electron chi connectivity index (χ4n) is 2.11. The molecule has 0 aliphatic carbocycles. The maximum atomic E-state index is 8.91. The van der Waals surface area contributed by atoms with E-state index in [1.54, 1.807) is 17.4 Å².